The summed E-state index contributed by atoms with van der Waals surface area (Å²) in [7, 11) is 0. The first-order valence-corrected chi connectivity index (χ1v) is 25.7. The van der Waals surface area contributed by atoms with Crippen LogP contribution in [0.15, 0.2) is 115 Å². The zero-order valence-electron chi connectivity index (χ0n) is 39.3. The molecule has 1 N–H and O–H groups in total. The summed E-state index contributed by atoms with van der Waals surface area (Å²) in [6.45, 7) is 5.35. The van der Waals surface area contributed by atoms with Crippen molar-refractivity contribution in [3.05, 3.63) is 154 Å². The normalized spacial score (nSPS) is 12.3. The monoisotopic (exact) mass is 851 g/mol. The van der Waals surface area contributed by atoms with Gasteiger partial charge in [0.15, 0.2) is 0 Å². The molecule has 0 atom stereocenters. The summed E-state index contributed by atoms with van der Waals surface area (Å²) in [5.74, 6) is 1.54. The molecular weight excluding hydrogens is 777 g/mol. The quantitative estimate of drug-likeness (QED) is 0.0550. The predicted molar refractivity (Wildman–Crippen MR) is 273 cm³/mol. The highest BCUT2D eigenvalue weighted by molar-refractivity contribution is 5.94. The molecule has 0 bridgehead atoms. The predicted octanol–water partition coefficient (Wildman–Crippen LogP) is 17.6. The highest BCUT2D eigenvalue weighted by Crippen LogP contribution is 2.52. The Morgan fingerprint density at radius 3 is 1.28 bits per heavy atom. The maximum Gasteiger partial charge on any atom is 0.123 e. The molecule has 0 saturated carbocycles. The van der Waals surface area contributed by atoms with Gasteiger partial charge in [0.25, 0.3) is 0 Å². The number of ether oxygens (including phenoxy) is 1. The van der Waals surface area contributed by atoms with Gasteiger partial charge in [0, 0.05) is 11.1 Å². The maximum atomic E-state index is 13.2. The van der Waals surface area contributed by atoms with E-state index in [4.69, 9.17) is 4.74 Å². The van der Waals surface area contributed by atoms with Crippen LogP contribution in [0.5, 0.6) is 11.5 Å². The minimum absolute atomic E-state index is 0.584. The van der Waals surface area contributed by atoms with Crippen LogP contribution in [0.25, 0.3) is 44.5 Å². The summed E-state index contributed by atoms with van der Waals surface area (Å²) in [5, 5.41) is 13.2. The van der Waals surface area contributed by atoms with Crippen molar-refractivity contribution in [3.63, 3.8) is 0 Å². The summed E-state index contributed by atoms with van der Waals surface area (Å²) < 4.78 is 6.12. The maximum absolute atomic E-state index is 13.2. The average molecular weight is 851 g/mol. The van der Waals surface area contributed by atoms with Crippen molar-refractivity contribution < 1.29 is 9.84 Å². The van der Waals surface area contributed by atoms with Crippen molar-refractivity contribution in [1.29, 1.82) is 0 Å². The fraction of sp³-hybridized carbons (Fsp3) is 0.419. The standard InChI is InChI=1S/C62H74O2/c1-3-5-7-9-10-11-12-13-14-22-38-57-61(54-42-29-40-52-50-35-26-24-31-47(50)45-59(52)54)55(36-21-15-16-27-43-64-48-32-18-17-19-33-48)60(56(62(57)63)37-20-8-6-4-2)53-41-28-39-51-49-34-25-23-30-46(49)44-58(51)53/h17-19,23-26,28-35,39-42,63H,3-16,20-22,27,36-38,43-45H2,1-2H3. The molecule has 0 aromatic heterocycles. The lowest BCUT2D eigenvalue weighted by Gasteiger charge is -2.27. The number of fused-ring (bicyclic) bond motifs is 6. The molecule has 0 saturated heterocycles. The van der Waals surface area contributed by atoms with Crippen LogP contribution < -0.4 is 4.74 Å². The molecule has 0 heterocycles. The molecule has 2 heteroatoms. The second-order valence-electron chi connectivity index (χ2n) is 18.9. The second kappa shape index (κ2) is 23.2. The van der Waals surface area contributed by atoms with Crippen LogP contribution in [0.2, 0.25) is 0 Å². The van der Waals surface area contributed by atoms with Crippen LogP contribution in [0, 0.1) is 0 Å². The smallest absolute Gasteiger partial charge is 0.123 e. The Morgan fingerprint density at radius 1 is 0.375 bits per heavy atom. The molecule has 2 aliphatic carbocycles. The number of rotatable bonds is 26. The Bertz CT molecular complexity index is 2420. The first-order chi connectivity index (χ1) is 31.7. The van der Waals surface area contributed by atoms with Gasteiger partial charge in [-0.25, -0.2) is 0 Å². The number of phenols is 1. The highest BCUT2D eigenvalue weighted by atomic mass is 16.5. The van der Waals surface area contributed by atoms with Crippen molar-refractivity contribution >= 4 is 0 Å². The van der Waals surface area contributed by atoms with Gasteiger partial charge in [0.1, 0.15) is 11.5 Å². The second-order valence-corrected chi connectivity index (χ2v) is 18.9. The van der Waals surface area contributed by atoms with E-state index in [0.717, 1.165) is 83.0 Å². The summed E-state index contributed by atoms with van der Waals surface area (Å²) in [5.41, 5.74) is 20.4. The molecule has 2 nitrogen and oxygen atoms in total. The van der Waals surface area contributed by atoms with E-state index in [-0.39, 0.29) is 0 Å². The molecule has 0 radical (unpaired) electrons. The van der Waals surface area contributed by atoms with Gasteiger partial charge in [-0.15, -0.1) is 0 Å². The third kappa shape index (κ3) is 10.7. The van der Waals surface area contributed by atoms with E-state index < -0.39 is 0 Å². The Labute approximate surface area is 386 Å². The van der Waals surface area contributed by atoms with Gasteiger partial charge in [0.05, 0.1) is 6.61 Å². The molecule has 334 valence electrons. The van der Waals surface area contributed by atoms with E-state index in [1.165, 1.54) is 161 Å². The number of aromatic hydroxyl groups is 1. The number of phenolic OH excluding ortho intramolecular Hbond substituents is 1. The number of hydrogen-bond acceptors (Lipinski definition) is 2. The van der Waals surface area contributed by atoms with Crippen LogP contribution in [-0.2, 0) is 32.1 Å². The molecule has 8 rings (SSSR count). The van der Waals surface area contributed by atoms with Gasteiger partial charge < -0.3 is 9.84 Å². The largest absolute Gasteiger partial charge is 0.507 e. The molecule has 6 aromatic rings. The van der Waals surface area contributed by atoms with Crippen molar-refractivity contribution in [3.8, 4) is 56.0 Å². The van der Waals surface area contributed by atoms with E-state index in [2.05, 4.69) is 111 Å². The molecular formula is C62H74O2. The number of unbranched alkanes of at least 4 members (excludes halogenated alkanes) is 15. The van der Waals surface area contributed by atoms with E-state index in [1.54, 1.807) is 0 Å². The molecule has 0 aliphatic heterocycles. The molecule has 0 unspecified atom stereocenters. The van der Waals surface area contributed by atoms with Gasteiger partial charge >= 0.3 is 0 Å². The van der Waals surface area contributed by atoms with Crippen LogP contribution in [0.1, 0.15) is 168 Å². The zero-order chi connectivity index (χ0) is 43.9. The lowest BCUT2D eigenvalue weighted by Crippen LogP contribution is -2.08. The molecule has 0 amide bonds. The first kappa shape index (κ1) is 45.5. The van der Waals surface area contributed by atoms with Crippen molar-refractivity contribution in [2.45, 2.75) is 162 Å². The van der Waals surface area contributed by atoms with E-state index in [0.29, 0.717) is 5.75 Å². The highest BCUT2D eigenvalue weighted by Gasteiger charge is 2.31. The van der Waals surface area contributed by atoms with E-state index >= 15 is 0 Å². The zero-order valence-corrected chi connectivity index (χ0v) is 39.3. The summed E-state index contributed by atoms with van der Waals surface area (Å²) in [6, 6.07) is 42.3. The van der Waals surface area contributed by atoms with Crippen molar-refractivity contribution in [2.24, 2.45) is 0 Å². The third-order valence-corrected chi connectivity index (χ3v) is 14.4. The Balaban J connectivity index is 1.21. The van der Waals surface area contributed by atoms with Gasteiger partial charge in [-0.05, 0) is 142 Å². The number of hydrogen-bond donors (Lipinski definition) is 1. The lowest BCUT2D eigenvalue weighted by atomic mass is 9.77. The number of para-hydroxylation sites is 1. The van der Waals surface area contributed by atoms with Crippen LogP contribution in [-0.4, -0.2) is 11.7 Å². The Kier molecular flexibility index (Phi) is 16.5. The van der Waals surface area contributed by atoms with Gasteiger partial charge in [-0.3, -0.25) is 0 Å². The number of benzene rings is 6. The Hall–Kier alpha value is -5.08. The van der Waals surface area contributed by atoms with Crippen molar-refractivity contribution in [2.75, 3.05) is 6.61 Å². The summed E-state index contributed by atoms with van der Waals surface area (Å²) >= 11 is 0. The Morgan fingerprint density at radius 2 is 0.766 bits per heavy atom. The summed E-state index contributed by atoms with van der Waals surface area (Å²) in [6.07, 6.45) is 26.9. The van der Waals surface area contributed by atoms with Crippen molar-refractivity contribution in [1.82, 2.24) is 0 Å². The lowest BCUT2D eigenvalue weighted by molar-refractivity contribution is 0.304. The molecule has 64 heavy (non-hydrogen) atoms. The van der Waals surface area contributed by atoms with E-state index in [1.807, 2.05) is 18.2 Å². The van der Waals surface area contributed by atoms with Crippen LogP contribution >= 0.6 is 0 Å². The third-order valence-electron chi connectivity index (χ3n) is 14.4. The molecule has 0 spiro atoms. The fourth-order valence-corrected chi connectivity index (χ4v) is 11.1. The first-order valence-electron chi connectivity index (χ1n) is 25.7. The molecule has 6 aromatic carbocycles. The van der Waals surface area contributed by atoms with E-state index in [9.17, 15) is 5.11 Å². The van der Waals surface area contributed by atoms with Gasteiger partial charge in [-0.1, -0.05) is 207 Å². The average Bonchev–Trinajstić information content (AvgIpc) is 3.91. The topological polar surface area (TPSA) is 29.5 Å². The SMILES string of the molecule is CCCCCCCCCCCCc1c(O)c(CCCCCC)c(-c2cccc3c2Cc2ccccc2-3)c(CCCCCCOc2ccccc2)c1-c1cccc2c1Cc1ccccc1-2. The van der Waals surface area contributed by atoms with Crippen LogP contribution in [0.4, 0.5) is 0 Å². The summed E-state index contributed by atoms with van der Waals surface area (Å²) in [4.78, 5) is 0. The molecule has 2 aliphatic rings. The van der Waals surface area contributed by atoms with Crippen LogP contribution in [0.3, 0.4) is 0 Å². The van der Waals surface area contributed by atoms with Gasteiger partial charge in [0.2, 0.25) is 0 Å². The molecule has 0 fully saturated rings. The van der Waals surface area contributed by atoms with Gasteiger partial charge in [-0.2, -0.15) is 0 Å². The fourth-order valence-electron chi connectivity index (χ4n) is 11.1. The minimum Gasteiger partial charge on any atom is -0.507 e. The minimum atomic E-state index is 0.584.